The molecule has 0 aromatic carbocycles. The Labute approximate surface area is 122 Å². The number of hydrazine groups is 1. The summed E-state index contributed by atoms with van der Waals surface area (Å²) in [5.41, 5.74) is 2.84. The zero-order chi connectivity index (χ0) is 14.0. The Balaban J connectivity index is 2.13. The van der Waals surface area contributed by atoms with E-state index in [1.165, 1.54) is 12.7 Å². The van der Waals surface area contributed by atoms with Gasteiger partial charge in [0, 0.05) is 0 Å². The van der Waals surface area contributed by atoms with Gasteiger partial charge in [0.15, 0.2) is 5.82 Å². The summed E-state index contributed by atoms with van der Waals surface area (Å²) in [4.78, 5) is 8.20. The molecule has 19 heavy (non-hydrogen) atoms. The van der Waals surface area contributed by atoms with Crippen molar-refractivity contribution in [3.05, 3.63) is 10.8 Å². The summed E-state index contributed by atoms with van der Waals surface area (Å²) in [5, 5.41) is 0. The fourth-order valence-electron chi connectivity index (χ4n) is 3.04. The van der Waals surface area contributed by atoms with E-state index in [2.05, 4.69) is 52.1 Å². The predicted molar refractivity (Wildman–Crippen MR) is 78.8 cm³/mol. The lowest BCUT2D eigenvalue weighted by atomic mass is 9.71. The van der Waals surface area contributed by atoms with Gasteiger partial charge in [0.1, 0.15) is 16.9 Å². The zero-order valence-corrected chi connectivity index (χ0v) is 13.2. The standard InChI is InChI=1S/C13H21BrN4O/c1-8-4-9(6-13(2,3)5-8)19-12-10(14)11(18-15)16-7-17-12/h7-9H,4-6,15H2,1-3H3,(H,16,17,18). The molecule has 0 bridgehead atoms. The molecule has 2 unspecified atom stereocenters. The number of halogens is 1. The van der Waals surface area contributed by atoms with Crippen LogP contribution in [0.5, 0.6) is 5.88 Å². The molecule has 0 radical (unpaired) electrons. The van der Waals surface area contributed by atoms with Crippen LogP contribution in [0.4, 0.5) is 5.82 Å². The molecular weight excluding hydrogens is 308 g/mol. The van der Waals surface area contributed by atoms with Crippen molar-refractivity contribution in [2.24, 2.45) is 17.2 Å². The Hall–Kier alpha value is -0.880. The molecular formula is C13H21BrN4O. The fourth-order valence-corrected chi connectivity index (χ4v) is 3.46. The minimum atomic E-state index is 0.190. The molecule has 1 heterocycles. The summed E-state index contributed by atoms with van der Waals surface area (Å²) in [6, 6.07) is 0. The van der Waals surface area contributed by atoms with E-state index in [0.717, 1.165) is 12.8 Å². The summed E-state index contributed by atoms with van der Waals surface area (Å²) in [6.07, 6.45) is 4.99. The summed E-state index contributed by atoms with van der Waals surface area (Å²) >= 11 is 3.42. The van der Waals surface area contributed by atoms with Crippen LogP contribution in [0.15, 0.2) is 10.8 Å². The van der Waals surface area contributed by atoms with Gasteiger partial charge in [0.05, 0.1) is 0 Å². The average molecular weight is 329 g/mol. The average Bonchev–Trinajstić information content (AvgIpc) is 2.29. The van der Waals surface area contributed by atoms with Crippen molar-refractivity contribution in [1.29, 1.82) is 0 Å². The number of anilines is 1. The topological polar surface area (TPSA) is 73.1 Å². The lowest BCUT2D eigenvalue weighted by Gasteiger charge is -2.38. The van der Waals surface area contributed by atoms with Crippen LogP contribution < -0.4 is 16.0 Å². The molecule has 0 spiro atoms. The van der Waals surface area contributed by atoms with Crippen molar-refractivity contribution in [3.63, 3.8) is 0 Å². The van der Waals surface area contributed by atoms with Crippen LogP contribution in [-0.4, -0.2) is 16.1 Å². The third-order valence-corrected chi connectivity index (χ3v) is 4.23. The molecule has 106 valence electrons. The van der Waals surface area contributed by atoms with Gasteiger partial charge < -0.3 is 10.2 Å². The highest BCUT2D eigenvalue weighted by atomic mass is 79.9. The van der Waals surface area contributed by atoms with E-state index >= 15 is 0 Å². The molecule has 2 rings (SSSR count). The summed E-state index contributed by atoms with van der Waals surface area (Å²) < 4.78 is 6.72. The van der Waals surface area contributed by atoms with Crippen molar-refractivity contribution in [2.75, 3.05) is 5.43 Å². The van der Waals surface area contributed by atoms with Crippen molar-refractivity contribution >= 4 is 21.7 Å². The number of rotatable bonds is 3. The molecule has 5 nitrogen and oxygen atoms in total. The highest BCUT2D eigenvalue weighted by molar-refractivity contribution is 9.10. The van der Waals surface area contributed by atoms with Gasteiger partial charge in [0.2, 0.25) is 5.88 Å². The van der Waals surface area contributed by atoms with Crippen LogP contribution in [0, 0.1) is 11.3 Å². The Morgan fingerprint density at radius 1 is 1.42 bits per heavy atom. The van der Waals surface area contributed by atoms with Crippen molar-refractivity contribution in [1.82, 2.24) is 9.97 Å². The molecule has 1 fully saturated rings. The largest absolute Gasteiger partial charge is 0.473 e. The molecule has 0 aliphatic heterocycles. The van der Waals surface area contributed by atoms with Gasteiger partial charge in [-0.05, 0) is 46.5 Å². The van der Waals surface area contributed by atoms with Gasteiger partial charge >= 0.3 is 0 Å². The fraction of sp³-hybridized carbons (Fsp3) is 0.692. The van der Waals surface area contributed by atoms with Gasteiger partial charge in [-0.2, -0.15) is 0 Å². The number of nitrogens with zero attached hydrogens (tertiary/aromatic N) is 2. The Morgan fingerprint density at radius 3 is 2.79 bits per heavy atom. The van der Waals surface area contributed by atoms with Gasteiger partial charge in [-0.25, -0.2) is 15.8 Å². The number of aromatic nitrogens is 2. The number of hydrogen-bond acceptors (Lipinski definition) is 5. The van der Waals surface area contributed by atoms with Crippen LogP contribution in [0.3, 0.4) is 0 Å². The van der Waals surface area contributed by atoms with Gasteiger partial charge in [-0.15, -0.1) is 0 Å². The monoisotopic (exact) mass is 328 g/mol. The van der Waals surface area contributed by atoms with E-state index in [0.29, 0.717) is 27.5 Å². The van der Waals surface area contributed by atoms with E-state index in [9.17, 15) is 0 Å². The highest BCUT2D eigenvalue weighted by Gasteiger charge is 2.33. The molecule has 3 N–H and O–H groups in total. The van der Waals surface area contributed by atoms with Gasteiger partial charge in [-0.3, -0.25) is 0 Å². The van der Waals surface area contributed by atoms with Crippen molar-refractivity contribution < 1.29 is 4.74 Å². The smallest absolute Gasteiger partial charge is 0.233 e. The first-order valence-corrected chi connectivity index (χ1v) is 7.34. The quantitative estimate of drug-likeness (QED) is 0.658. The molecule has 1 saturated carbocycles. The van der Waals surface area contributed by atoms with Crippen LogP contribution in [0.1, 0.15) is 40.0 Å². The molecule has 1 aromatic rings. The second-order valence-corrected chi connectivity index (χ2v) is 6.93. The maximum atomic E-state index is 6.04. The first kappa shape index (κ1) is 14.5. The number of nitrogens with one attached hydrogen (secondary N) is 1. The Morgan fingerprint density at radius 2 is 2.16 bits per heavy atom. The third kappa shape index (κ3) is 3.57. The number of ether oxygens (including phenoxy) is 1. The summed E-state index contributed by atoms with van der Waals surface area (Å²) in [7, 11) is 0. The lowest BCUT2D eigenvalue weighted by Crippen LogP contribution is -2.34. The third-order valence-electron chi connectivity index (χ3n) is 3.52. The number of nitrogens with two attached hydrogens (primary N) is 1. The zero-order valence-electron chi connectivity index (χ0n) is 11.6. The SMILES string of the molecule is CC1CC(Oc2ncnc(NN)c2Br)CC(C)(C)C1. The first-order chi connectivity index (χ1) is 8.91. The van der Waals surface area contributed by atoms with E-state index in [-0.39, 0.29) is 6.10 Å². The highest BCUT2D eigenvalue weighted by Crippen LogP contribution is 2.40. The number of hydrogen-bond donors (Lipinski definition) is 2. The Bertz CT molecular complexity index is 452. The van der Waals surface area contributed by atoms with Gasteiger partial charge in [0.25, 0.3) is 0 Å². The molecule has 6 heteroatoms. The molecule has 2 atom stereocenters. The minimum absolute atomic E-state index is 0.190. The van der Waals surface area contributed by atoms with Crippen molar-refractivity contribution in [3.8, 4) is 5.88 Å². The molecule has 1 aromatic heterocycles. The number of nitrogen functional groups attached to an aromatic ring is 1. The van der Waals surface area contributed by atoms with Crippen LogP contribution in [-0.2, 0) is 0 Å². The van der Waals surface area contributed by atoms with E-state index in [1.54, 1.807) is 0 Å². The normalized spacial score (nSPS) is 25.9. The van der Waals surface area contributed by atoms with Gasteiger partial charge in [-0.1, -0.05) is 20.8 Å². The van der Waals surface area contributed by atoms with Crippen LogP contribution in [0.2, 0.25) is 0 Å². The summed E-state index contributed by atoms with van der Waals surface area (Å²) in [5.74, 6) is 7.15. The lowest BCUT2D eigenvalue weighted by molar-refractivity contribution is 0.0526. The minimum Gasteiger partial charge on any atom is -0.473 e. The van der Waals surface area contributed by atoms with Crippen molar-refractivity contribution in [2.45, 2.75) is 46.1 Å². The summed E-state index contributed by atoms with van der Waals surface area (Å²) in [6.45, 7) is 6.86. The molecule has 0 saturated heterocycles. The maximum Gasteiger partial charge on any atom is 0.233 e. The molecule has 0 amide bonds. The molecule has 1 aliphatic rings. The second-order valence-electron chi connectivity index (χ2n) is 6.14. The predicted octanol–water partition coefficient (Wildman–Crippen LogP) is 3.12. The van der Waals surface area contributed by atoms with Crippen LogP contribution >= 0.6 is 15.9 Å². The van der Waals surface area contributed by atoms with E-state index in [1.807, 2.05) is 0 Å². The second kappa shape index (κ2) is 5.63. The maximum absolute atomic E-state index is 6.04. The van der Waals surface area contributed by atoms with Crippen LogP contribution in [0.25, 0.3) is 0 Å². The Kier molecular flexibility index (Phi) is 4.30. The first-order valence-electron chi connectivity index (χ1n) is 6.55. The van der Waals surface area contributed by atoms with E-state index < -0.39 is 0 Å². The molecule has 1 aliphatic carbocycles. The van der Waals surface area contributed by atoms with E-state index in [4.69, 9.17) is 10.6 Å².